The maximum Gasteiger partial charge on any atom is 0.0199 e. The summed E-state index contributed by atoms with van der Waals surface area (Å²) in [4.78, 5) is 0. The van der Waals surface area contributed by atoms with Gasteiger partial charge in [0.2, 0.25) is 0 Å². The standard InChI is InChI=1S/C11H23N/c1-6-7-11(9(2)3)8-12-10(4)5/h8-10,12H,6-7H2,1-5H3/b11-8+. The molecule has 0 saturated carbocycles. The molecule has 0 aliphatic carbocycles. The first-order valence-corrected chi connectivity index (χ1v) is 5.02. The normalized spacial score (nSPS) is 12.8. The molecule has 0 aromatic carbocycles. The Labute approximate surface area is 77.2 Å². The van der Waals surface area contributed by atoms with E-state index in [2.05, 4.69) is 46.1 Å². The highest BCUT2D eigenvalue weighted by molar-refractivity contribution is 5.03. The molecule has 0 aromatic rings. The third-order valence-electron chi connectivity index (χ3n) is 1.88. The molecule has 0 heterocycles. The van der Waals surface area contributed by atoms with E-state index in [0.717, 1.165) is 0 Å². The highest BCUT2D eigenvalue weighted by Gasteiger charge is 2.01. The topological polar surface area (TPSA) is 12.0 Å². The van der Waals surface area contributed by atoms with Crippen molar-refractivity contribution in [2.75, 3.05) is 0 Å². The van der Waals surface area contributed by atoms with Crippen LogP contribution in [0.3, 0.4) is 0 Å². The van der Waals surface area contributed by atoms with E-state index in [-0.39, 0.29) is 0 Å². The van der Waals surface area contributed by atoms with Crippen LogP contribution in [0.25, 0.3) is 0 Å². The number of hydrogen-bond acceptors (Lipinski definition) is 1. The molecule has 0 aliphatic heterocycles. The zero-order chi connectivity index (χ0) is 9.56. The Balaban J connectivity index is 3.99. The van der Waals surface area contributed by atoms with Gasteiger partial charge in [0.05, 0.1) is 0 Å². The largest absolute Gasteiger partial charge is 0.389 e. The first kappa shape index (κ1) is 11.5. The first-order valence-electron chi connectivity index (χ1n) is 5.02. The molecule has 0 fully saturated rings. The highest BCUT2D eigenvalue weighted by Crippen LogP contribution is 2.14. The fourth-order valence-corrected chi connectivity index (χ4v) is 1.09. The summed E-state index contributed by atoms with van der Waals surface area (Å²) in [6, 6.07) is 0.551. The summed E-state index contributed by atoms with van der Waals surface area (Å²) in [7, 11) is 0. The van der Waals surface area contributed by atoms with E-state index in [1.54, 1.807) is 0 Å². The van der Waals surface area contributed by atoms with Crippen molar-refractivity contribution in [3.8, 4) is 0 Å². The van der Waals surface area contributed by atoms with E-state index >= 15 is 0 Å². The van der Waals surface area contributed by atoms with E-state index in [9.17, 15) is 0 Å². The monoisotopic (exact) mass is 169 g/mol. The molecule has 0 aliphatic rings. The average Bonchev–Trinajstić information content (AvgIpc) is 1.96. The third-order valence-corrected chi connectivity index (χ3v) is 1.88. The third kappa shape index (κ3) is 5.22. The molecule has 0 amide bonds. The van der Waals surface area contributed by atoms with Crippen LogP contribution >= 0.6 is 0 Å². The van der Waals surface area contributed by atoms with Crippen molar-refractivity contribution in [2.24, 2.45) is 5.92 Å². The van der Waals surface area contributed by atoms with Gasteiger partial charge in [-0.25, -0.2) is 0 Å². The van der Waals surface area contributed by atoms with E-state index in [0.29, 0.717) is 12.0 Å². The smallest absolute Gasteiger partial charge is 0.0199 e. The Morgan fingerprint density at radius 1 is 1.25 bits per heavy atom. The van der Waals surface area contributed by atoms with Gasteiger partial charge < -0.3 is 5.32 Å². The van der Waals surface area contributed by atoms with Gasteiger partial charge in [0.25, 0.3) is 0 Å². The Bertz CT molecular complexity index is 134. The van der Waals surface area contributed by atoms with Crippen LogP contribution < -0.4 is 5.32 Å². The molecule has 0 spiro atoms. The number of hydrogen-bond donors (Lipinski definition) is 1. The molecule has 1 nitrogen and oxygen atoms in total. The van der Waals surface area contributed by atoms with Gasteiger partial charge in [-0.3, -0.25) is 0 Å². The summed E-state index contributed by atoms with van der Waals surface area (Å²) in [6.45, 7) is 11.1. The molecule has 0 unspecified atom stereocenters. The summed E-state index contributed by atoms with van der Waals surface area (Å²) in [6.07, 6.45) is 4.65. The fraction of sp³-hybridized carbons (Fsp3) is 0.818. The molecule has 72 valence electrons. The predicted octanol–water partition coefficient (Wildman–Crippen LogP) is 3.32. The minimum atomic E-state index is 0.551. The van der Waals surface area contributed by atoms with Crippen molar-refractivity contribution in [2.45, 2.75) is 53.5 Å². The van der Waals surface area contributed by atoms with Gasteiger partial charge in [-0.05, 0) is 32.4 Å². The van der Waals surface area contributed by atoms with Crippen molar-refractivity contribution in [3.63, 3.8) is 0 Å². The first-order chi connectivity index (χ1) is 5.57. The molecule has 1 heteroatoms. The van der Waals surface area contributed by atoms with Crippen LogP contribution in [0, 0.1) is 5.92 Å². The Morgan fingerprint density at radius 3 is 2.17 bits per heavy atom. The molecule has 0 bridgehead atoms. The maximum absolute atomic E-state index is 3.35. The fourth-order valence-electron chi connectivity index (χ4n) is 1.09. The summed E-state index contributed by atoms with van der Waals surface area (Å²) >= 11 is 0. The Kier molecular flexibility index (Phi) is 5.87. The maximum atomic E-state index is 3.35. The molecule has 1 N–H and O–H groups in total. The molecular formula is C11H23N. The average molecular weight is 169 g/mol. The van der Waals surface area contributed by atoms with E-state index < -0.39 is 0 Å². The van der Waals surface area contributed by atoms with E-state index in [4.69, 9.17) is 0 Å². The number of nitrogens with one attached hydrogen (secondary N) is 1. The summed E-state index contributed by atoms with van der Waals surface area (Å²) < 4.78 is 0. The van der Waals surface area contributed by atoms with Gasteiger partial charge in [0.1, 0.15) is 0 Å². The molecular weight excluding hydrogens is 146 g/mol. The quantitative estimate of drug-likeness (QED) is 0.665. The van der Waals surface area contributed by atoms with Gasteiger partial charge >= 0.3 is 0 Å². The zero-order valence-electron chi connectivity index (χ0n) is 9.15. The number of allylic oxidation sites excluding steroid dienone is 1. The summed E-state index contributed by atoms with van der Waals surface area (Å²) in [5.41, 5.74) is 1.53. The zero-order valence-corrected chi connectivity index (χ0v) is 9.15. The molecule has 0 radical (unpaired) electrons. The van der Waals surface area contributed by atoms with Crippen molar-refractivity contribution in [1.82, 2.24) is 5.32 Å². The van der Waals surface area contributed by atoms with E-state index in [1.807, 2.05) is 0 Å². The minimum absolute atomic E-state index is 0.551. The summed E-state index contributed by atoms with van der Waals surface area (Å²) in [5, 5.41) is 3.35. The van der Waals surface area contributed by atoms with Crippen LogP contribution in [0.2, 0.25) is 0 Å². The van der Waals surface area contributed by atoms with Crippen LogP contribution in [0.4, 0.5) is 0 Å². The SMILES string of the molecule is CCC/C(=C\NC(C)C)C(C)C. The second-order valence-corrected chi connectivity index (χ2v) is 3.95. The summed E-state index contributed by atoms with van der Waals surface area (Å²) in [5.74, 6) is 0.677. The Morgan fingerprint density at radius 2 is 1.83 bits per heavy atom. The second-order valence-electron chi connectivity index (χ2n) is 3.95. The van der Waals surface area contributed by atoms with Gasteiger partial charge in [-0.2, -0.15) is 0 Å². The van der Waals surface area contributed by atoms with Gasteiger partial charge in [-0.1, -0.05) is 32.8 Å². The van der Waals surface area contributed by atoms with Crippen molar-refractivity contribution >= 4 is 0 Å². The van der Waals surface area contributed by atoms with Gasteiger partial charge in [0, 0.05) is 6.04 Å². The minimum Gasteiger partial charge on any atom is -0.389 e. The lowest BCUT2D eigenvalue weighted by molar-refractivity contribution is 0.651. The van der Waals surface area contributed by atoms with Crippen LogP contribution in [-0.4, -0.2) is 6.04 Å². The van der Waals surface area contributed by atoms with Crippen molar-refractivity contribution < 1.29 is 0 Å². The lowest BCUT2D eigenvalue weighted by Crippen LogP contribution is -2.17. The van der Waals surface area contributed by atoms with Crippen LogP contribution in [-0.2, 0) is 0 Å². The highest BCUT2D eigenvalue weighted by atomic mass is 14.9. The number of rotatable bonds is 5. The molecule has 12 heavy (non-hydrogen) atoms. The van der Waals surface area contributed by atoms with Crippen molar-refractivity contribution in [3.05, 3.63) is 11.8 Å². The molecule has 0 saturated heterocycles. The molecule has 0 rings (SSSR count). The van der Waals surface area contributed by atoms with Gasteiger partial charge in [-0.15, -0.1) is 0 Å². The Hall–Kier alpha value is -0.460. The second kappa shape index (κ2) is 6.10. The van der Waals surface area contributed by atoms with Crippen LogP contribution in [0.5, 0.6) is 0 Å². The molecule has 0 atom stereocenters. The molecule has 0 aromatic heterocycles. The lowest BCUT2D eigenvalue weighted by Gasteiger charge is -2.12. The predicted molar refractivity (Wildman–Crippen MR) is 56.1 cm³/mol. The van der Waals surface area contributed by atoms with Crippen LogP contribution in [0.1, 0.15) is 47.5 Å². The van der Waals surface area contributed by atoms with Crippen LogP contribution in [0.15, 0.2) is 11.8 Å². The van der Waals surface area contributed by atoms with E-state index in [1.165, 1.54) is 18.4 Å². The van der Waals surface area contributed by atoms with Gasteiger partial charge in [0.15, 0.2) is 0 Å². The lowest BCUT2D eigenvalue weighted by atomic mass is 10.00. The van der Waals surface area contributed by atoms with Crippen molar-refractivity contribution in [1.29, 1.82) is 0 Å².